The fraction of sp³-hybridized carbons (Fsp3) is 0.467. The molecule has 130 valence electrons. The number of rotatable bonds is 7. The highest BCUT2D eigenvalue weighted by Crippen LogP contribution is 2.40. The van der Waals surface area contributed by atoms with Crippen LogP contribution in [0.4, 0.5) is 0 Å². The number of hydrogen-bond acceptors (Lipinski definition) is 5. The van der Waals surface area contributed by atoms with Crippen LogP contribution in [0, 0.1) is 0 Å². The highest BCUT2D eigenvalue weighted by Gasteiger charge is 2.30. The molecule has 0 atom stereocenters. The summed E-state index contributed by atoms with van der Waals surface area (Å²) >= 11 is 13.3. The molecule has 9 heteroatoms. The molecule has 1 fully saturated rings. The number of hydrogen-bond donors (Lipinski definition) is 0. The molecule has 1 saturated carbocycles. The van der Waals surface area contributed by atoms with E-state index in [1.165, 1.54) is 23.9 Å². The molecule has 2 aromatic rings. The average molecular weight is 406 g/mol. The monoisotopic (exact) mass is 405 g/mol. The first-order chi connectivity index (χ1) is 11.4. The van der Waals surface area contributed by atoms with Crippen LogP contribution in [0.1, 0.15) is 31.5 Å². The van der Waals surface area contributed by atoms with Crippen molar-refractivity contribution in [1.82, 2.24) is 14.8 Å². The van der Waals surface area contributed by atoms with Gasteiger partial charge in [-0.3, -0.25) is 0 Å². The molecular formula is C15H17Cl2N3O2S2. The summed E-state index contributed by atoms with van der Waals surface area (Å²) in [5.74, 6) is 1.88. The number of halogens is 2. The average Bonchev–Trinajstić information content (AvgIpc) is 3.30. The molecule has 1 aliphatic rings. The van der Waals surface area contributed by atoms with E-state index in [-0.39, 0.29) is 15.7 Å². The Morgan fingerprint density at radius 1 is 1.29 bits per heavy atom. The minimum Gasteiger partial charge on any atom is -0.306 e. The molecule has 0 aliphatic heterocycles. The van der Waals surface area contributed by atoms with E-state index < -0.39 is 9.84 Å². The molecule has 24 heavy (non-hydrogen) atoms. The lowest BCUT2D eigenvalue weighted by Crippen LogP contribution is -2.10. The molecular weight excluding hydrogens is 389 g/mol. The van der Waals surface area contributed by atoms with E-state index in [9.17, 15) is 8.42 Å². The largest absolute Gasteiger partial charge is 0.306 e. The Morgan fingerprint density at radius 3 is 2.71 bits per heavy atom. The van der Waals surface area contributed by atoms with Crippen LogP contribution < -0.4 is 0 Å². The van der Waals surface area contributed by atoms with Crippen molar-refractivity contribution < 1.29 is 8.42 Å². The van der Waals surface area contributed by atoms with Gasteiger partial charge in [-0.05, 0) is 38.0 Å². The molecule has 1 aliphatic carbocycles. The smallest absolute Gasteiger partial charge is 0.191 e. The third-order valence-corrected chi connectivity index (χ3v) is 7.47. The maximum Gasteiger partial charge on any atom is 0.191 e. The summed E-state index contributed by atoms with van der Waals surface area (Å²) in [6.07, 6.45) is 2.31. The highest BCUT2D eigenvalue weighted by molar-refractivity contribution is 8.00. The molecule has 0 bridgehead atoms. The van der Waals surface area contributed by atoms with Gasteiger partial charge in [0, 0.05) is 23.2 Å². The Labute approximate surface area is 155 Å². The zero-order valence-electron chi connectivity index (χ0n) is 13.1. The van der Waals surface area contributed by atoms with E-state index in [0.717, 1.165) is 30.4 Å². The van der Waals surface area contributed by atoms with Crippen LogP contribution in [-0.2, 0) is 16.4 Å². The number of thioether (sulfide) groups is 1. The first kappa shape index (κ1) is 18.0. The SMILES string of the molecule is CCn1c(SCCS(=O)(=O)c2cc(Cl)ccc2Cl)nnc1C1CC1. The Balaban J connectivity index is 1.69. The van der Waals surface area contributed by atoms with Gasteiger partial charge in [-0.2, -0.15) is 0 Å². The van der Waals surface area contributed by atoms with E-state index in [0.29, 0.717) is 16.7 Å². The number of nitrogens with zero attached hydrogens (tertiary/aromatic N) is 3. The highest BCUT2D eigenvalue weighted by atomic mass is 35.5. The van der Waals surface area contributed by atoms with Gasteiger partial charge in [-0.25, -0.2) is 8.42 Å². The summed E-state index contributed by atoms with van der Waals surface area (Å²) in [5, 5.41) is 9.77. The van der Waals surface area contributed by atoms with Gasteiger partial charge in [-0.1, -0.05) is 35.0 Å². The van der Waals surface area contributed by atoms with Crippen LogP contribution in [0.3, 0.4) is 0 Å². The van der Waals surface area contributed by atoms with Crippen molar-refractivity contribution in [3.63, 3.8) is 0 Å². The lowest BCUT2D eigenvalue weighted by Gasteiger charge is -2.08. The Bertz CT molecular complexity index is 848. The molecule has 0 saturated heterocycles. The second kappa shape index (κ2) is 7.23. The van der Waals surface area contributed by atoms with Crippen LogP contribution in [0.2, 0.25) is 10.0 Å². The zero-order valence-corrected chi connectivity index (χ0v) is 16.2. The first-order valence-corrected chi connectivity index (χ1v) is 11.1. The standard InChI is InChI=1S/C15H17Cl2N3O2S2/c1-2-20-14(10-3-4-10)18-19-15(20)23-7-8-24(21,22)13-9-11(16)5-6-12(13)17/h5-6,9-10H,2-4,7-8H2,1H3. The summed E-state index contributed by atoms with van der Waals surface area (Å²) in [6.45, 7) is 2.83. The fourth-order valence-electron chi connectivity index (χ4n) is 2.42. The van der Waals surface area contributed by atoms with Gasteiger partial charge in [-0.15, -0.1) is 10.2 Å². The second-order valence-electron chi connectivity index (χ2n) is 5.60. The summed E-state index contributed by atoms with van der Waals surface area (Å²) in [5.41, 5.74) is 0. The zero-order chi connectivity index (χ0) is 17.3. The van der Waals surface area contributed by atoms with Crippen molar-refractivity contribution in [2.24, 2.45) is 0 Å². The summed E-state index contributed by atoms with van der Waals surface area (Å²) in [6, 6.07) is 4.46. The molecule has 0 radical (unpaired) electrons. The molecule has 0 amide bonds. The molecule has 1 heterocycles. The van der Waals surface area contributed by atoms with Crippen LogP contribution >= 0.6 is 35.0 Å². The normalized spacial score (nSPS) is 15.0. The molecule has 1 aromatic carbocycles. The number of benzene rings is 1. The van der Waals surface area contributed by atoms with Crippen molar-refractivity contribution in [1.29, 1.82) is 0 Å². The van der Waals surface area contributed by atoms with Gasteiger partial charge in [0.1, 0.15) is 5.82 Å². The van der Waals surface area contributed by atoms with Crippen molar-refractivity contribution in [3.8, 4) is 0 Å². The first-order valence-electron chi connectivity index (χ1n) is 7.66. The quantitative estimate of drug-likeness (QED) is 0.649. The Morgan fingerprint density at radius 2 is 2.04 bits per heavy atom. The Kier molecular flexibility index (Phi) is 5.44. The van der Waals surface area contributed by atoms with E-state index in [1.54, 1.807) is 6.07 Å². The van der Waals surface area contributed by atoms with Crippen molar-refractivity contribution in [3.05, 3.63) is 34.1 Å². The van der Waals surface area contributed by atoms with Crippen molar-refractivity contribution >= 4 is 44.8 Å². The van der Waals surface area contributed by atoms with Crippen molar-refractivity contribution in [2.75, 3.05) is 11.5 Å². The maximum absolute atomic E-state index is 12.5. The van der Waals surface area contributed by atoms with Crippen LogP contribution in [0.5, 0.6) is 0 Å². The lowest BCUT2D eigenvalue weighted by molar-refractivity contribution is 0.597. The van der Waals surface area contributed by atoms with E-state index in [1.807, 2.05) is 6.92 Å². The van der Waals surface area contributed by atoms with Gasteiger partial charge < -0.3 is 4.57 Å². The molecule has 0 N–H and O–H groups in total. The predicted molar refractivity (Wildman–Crippen MR) is 96.9 cm³/mol. The number of aromatic nitrogens is 3. The third-order valence-electron chi connectivity index (χ3n) is 3.82. The molecule has 1 aromatic heterocycles. The van der Waals surface area contributed by atoms with Gasteiger partial charge in [0.25, 0.3) is 0 Å². The molecule has 0 spiro atoms. The summed E-state index contributed by atoms with van der Waals surface area (Å²) in [4.78, 5) is 0.0768. The van der Waals surface area contributed by atoms with Gasteiger partial charge in [0.15, 0.2) is 15.0 Å². The van der Waals surface area contributed by atoms with Crippen LogP contribution in [-0.4, -0.2) is 34.7 Å². The second-order valence-corrected chi connectivity index (χ2v) is 9.58. The van der Waals surface area contributed by atoms with E-state index in [4.69, 9.17) is 23.2 Å². The third kappa shape index (κ3) is 3.90. The summed E-state index contributed by atoms with van der Waals surface area (Å²) in [7, 11) is -3.50. The topological polar surface area (TPSA) is 64.8 Å². The molecule has 0 unspecified atom stereocenters. The van der Waals surface area contributed by atoms with Crippen LogP contribution in [0.15, 0.2) is 28.3 Å². The maximum atomic E-state index is 12.5. The minimum atomic E-state index is -3.50. The molecule has 3 rings (SSSR count). The van der Waals surface area contributed by atoms with Crippen molar-refractivity contribution in [2.45, 2.75) is 42.3 Å². The minimum absolute atomic E-state index is 0.0347. The fourth-order valence-corrected chi connectivity index (χ4v) is 5.88. The van der Waals surface area contributed by atoms with Gasteiger partial charge in [0.05, 0.1) is 15.7 Å². The van der Waals surface area contributed by atoms with Crippen LogP contribution in [0.25, 0.3) is 0 Å². The predicted octanol–water partition coefficient (Wildman–Crippen LogP) is 4.05. The lowest BCUT2D eigenvalue weighted by atomic mass is 10.4. The van der Waals surface area contributed by atoms with E-state index >= 15 is 0 Å². The van der Waals surface area contributed by atoms with Gasteiger partial charge in [0.2, 0.25) is 0 Å². The molecule has 5 nitrogen and oxygen atoms in total. The number of sulfone groups is 1. The van der Waals surface area contributed by atoms with Gasteiger partial charge >= 0.3 is 0 Å². The Hall–Kier alpha value is -0.760. The summed E-state index contributed by atoms with van der Waals surface area (Å²) < 4.78 is 27.0. The van der Waals surface area contributed by atoms with E-state index in [2.05, 4.69) is 14.8 Å².